The second-order valence-corrected chi connectivity index (χ2v) is 6.18. The molecule has 5 heteroatoms. The molecule has 2 N–H and O–H groups in total. The Hall–Kier alpha value is -2.04. The zero-order valence-corrected chi connectivity index (χ0v) is 13.5. The summed E-state index contributed by atoms with van der Waals surface area (Å²) in [5.41, 5.74) is 7.48. The minimum Gasteiger partial charge on any atom is -0.489 e. The Morgan fingerprint density at radius 3 is 2.83 bits per heavy atom. The number of hydrogen-bond acceptors (Lipinski definition) is 3. The molecule has 1 heterocycles. The van der Waals surface area contributed by atoms with Gasteiger partial charge in [-0.15, -0.1) is 0 Å². The molecule has 2 aromatic carbocycles. The lowest BCUT2D eigenvalue weighted by Gasteiger charge is -2.16. The minimum absolute atomic E-state index is 0.00570. The topological polar surface area (TPSA) is 55.6 Å². The number of amides is 1. The summed E-state index contributed by atoms with van der Waals surface area (Å²) in [6.45, 7) is 1.74. The average Bonchev–Trinajstić information content (AvgIpc) is 2.99. The molecule has 1 aliphatic rings. The number of rotatable bonds is 4. The van der Waals surface area contributed by atoms with Gasteiger partial charge in [0.15, 0.2) is 0 Å². The van der Waals surface area contributed by atoms with E-state index in [4.69, 9.17) is 22.1 Å². The molecule has 120 valence electrons. The van der Waals surface area contributed by atoms with Crippen molar-refractivity contribution in [2.45, 2.75) is 19.1 Å². The molecule has 1 atom stereocenters. The van der Waals surface area contributed by atoms with Gasteiger partial charge in [0.25, 0.3) is 5.91 Å². The lowest BCUT2D eigenvalue weighted by atomic mass is 10.2. The van der Waals surface area contributed by atoms with Crippen molar-refractivity contribution >= 4 is 17.5 Å². The number of halogens is 1. The Morgan fingerprint density at radius 2 is 2.09 bits per heavy atom. The number of carbonyl (C=O) groups is 1. The summed E-state index contributed by atoms with van der Waals surface area (Å²) in [5, 5.41) is 0.681. The number of benzene rings is 2. The van der Waals surface area contributed by atoms with Gasteiger partial charge in [-0.3, -0.25) is 4.79 Å². The number of ether oxygens (including phenoxy) is 1. The molecule has 4 nitrogen and oxygen atoms in total. The Labute approximate surface area is 140 Å². The highest BCUT2D eigenvalue weighted by Crippen LogP contribution is 2.19. The third kappa shape index (κ3) is 4.03. The smallest absolute Gasteiger partial charge is 0.254 e. The van der Waals surface area contributed by atoms with Crippen LogP contribution in [0.5, 0.6) is 5.75 Å². The first-order valence-corrected chi connectivity index (χ1v) is 8.02. The van der Waals surface area contributed by atoms with Crippen LogP contribution in [0.3, 0.4) is 0 Å². The fourth-order valence-corrected chi connectivity index (χ4v) is 2.88. The summed E-state index contributed by atoms with van der Waals surface area (Å²) in [7, 11) is 0. The predicted molar refractivity (Wildman–Crippen MR) is 90.7 cm³/mol. The largest absolute Gasteiger partial charge is 0.489 e. The molecule has 3 rings (SSSR count). The molecular formula is C18H19ClN2O2. The van der Waals surface area contributed by atoms with Crippen molar-refractivity contribution in [1.29, 1.82) is 0 Å². The van der Waals surface area contributed by atoms with Crippen LogP contribution < -0.4 is 10.5 Å². The van der Waals surface area contributed by atoms with Crippen molar-refractivity contribution in [1.82, 2.24) is 4.90 Å². The number of likely N-dealkylation sites (tertiary alicyclic amines) is 1. The van der Waals surface area contributed by atoms with E-state index in [1.165, 1.54) is 0 Å². The minimum atomic E-state index is 0.00570. The number of nitrogens with two attached hydrogens (primary N) is 1. The molecule has 0 bridgehead atoms. The molecule has 0 saturated carbocycles. The second kappa shape index (κ2) is 7.02. The van der Waals surface area contributed by atoms with Crippen LogP contribution >= 0.6 is 11.6 Å². The Balaban J connectivity index is 1.66. The van der Waals surface area contributed by atoms with Gasteiger partial charge < -0.3 is 15.4 Å². The van der Waals surface area contributed by atoms with Gasteiger partial charge in [-0.05, 0) is 42.3 Å². The van der Waals surface area contributed by atoms with Crippen molar-refractivity contribution in [3.63, 3.8) is 0 Å². The highest BCUT2D eigenvalue weighted by Gasteiger charge is 2.24. The molecule has 1 aliphatic heterocycles. The number of nitrogens with zero attached hydrogens (tertiary/aromatic N) is 1. The van der Waals surface area contributed by atoms with Crippen molar-refractivity contribution in [2.75, 3.05) is 13.1 Å². The molecule has 1 saturated heterocycles. The van der Waals surface area contributed by atoms with Gasteiger partial charge >= 0.3 is 0 Å². The molecule has 23 heavy (non-hydrogen) atoms. The van der Waals surface area contributed by atoms with Crippen molar-refractivity contribution < 1.29 is 9.53 Å². The van der Waals surface area contributed by atoms with E-state index in [1.54, 1.807) is 17.0 Å². The molecule has 1 unspecified atom stereocenters. The Kier molecular flexibility index (Phi) is 4.84. The summed E-state index contributed by atoms with van der Waals surface area (Å²) < 4.78 is 5.77. The quantitative estimate of drug-likeness (QED) is 0.937. The van der Waals surface area contributed by atoms with Gasteiger partial charge in [0, 0.05) is 29.7 Å². The average molecular weight is 331 g/mol. The van der Waals surface area contributed by atoms with E-state index in [0.717, 1.165) is 12.0 Å². The summed E-state index contributed by atoms with van der Waals surface area (Å²) in [6.07, 6.45) is 0.858. The SMILES string of the molecule is NC1CCN(C(=O)c2cccc(OCc3cccc(Cl)c3)c2)C1. The van der Waals surface area contributed by atoms with Crippen LogP contribution in [0, 0.1) is 0 Å². The van der Waals surface area contributed by atoms with Crippen LogP contribution in [0.25, 0.3) is 0 Å². The van der Waals surface area contributed by atoms with E-state index in [2.05, 4.69) is 0 Å². The first-order valence-electron chi connectivity index (χ1n) is 7.64. The van der Waals surface area contributed by atoms with Gasteiger partial charge in [-0.25, -0.2) is 0 Å². The normalized spacial score (nSPS) is 17.3. The van der Waals surface area contributed by atoms with Crippen molar-refractivity contribution in [3.05, 3.63) is 64.7 Å². The number of hydrogen-bond donors (Lipinski definition) is 1. The van der Waals surface area contributed by atoms with Crippen LogP contribution in [0.1, 0.15) is 22.3 Å². The van der Waals surface area contributed by atoms with Crippen molar-refractivity contribution in [2.24, 2.45) is 5.73 Å². The third-order valence-corrected chi connectivity index (χ3v) is 4.12. The van der Waals surface area contributed by atoms with E-state index in [9.17, 15) is 4.79 Å². The Bertz CT molecular complexity index is 705. The third-order valence-electron chi connectivity index (χ3n) is 3.89. The van der Waals surface area contributed by atoms with E-state index in [-0.39, 0.29) is 11.9 Å². The highest BCUT2D eigenvalue weighted by atomic mass is 35.5. The molecule has 0 aromatic heterocycles. The molecule has 1 amide bonds. The zero-order valence-electron chi connectivity index (χ0n) is 12.7. The summed E-state index contributed by atoms with van der Waals surface area (Å²) >= 11 is 5.96. The molecule has 0 radical (unpaired) electrons. The molecule has 0 spiro atoms. The van der Waals surface area contributed by atoms with Gasteiger partial charge in [0.1, 0.15) is 12.4 Å². The summed E-state index contributed by atoms with van der Waals surface area (Å²) in [6, 6.07) is 14.9. The maximum Gasteiger partial charge on any atom is 0.254 e. The summed E-state index contributed by atoms with van der Waals surface area (Å²) in [5.74, 6) is 0.672. The van der Waals surface area contributed by atoms with E-state index >= 15 is 0 Å². The van der Waals surface area contributed by atoms with E-state index < -0.39 is 0 Å². The van der Waals surface area contributed by atoms with Crippen LogP contribution in [-0.4, -0.2) is 29.9 Å². The van der Waals surface area contributed by atoms with Gasteiger partial charge in [0.05, 0.1) is 0 Å². The fraction of sp³-hybridized carbons (Fsp3) is 0.278. The maximum absolute atomic E-state index is 12.5. The van der Waals surface area contributed by atoms with Crippen LogP contribution in [0.2, 0.25) is 5.02 Å². The Morgan fingerprint density at radius 1 is 1.26 bits per heavy atom. The van der Waals surface area contributed by atoms with Crippen molar-refractivity contribution in [3.8, 4) is 5.75 Å². The fourth-order valence-electron chi connectivity index (χ4n) is 2.67. The monoisotopic (exact) mass is 330 g/mol. The molecular weight excluding hydrogens is 312 g/mol. The zero-order chi connectivity index (χ0) is 16.2. The number of carbonyl (C=O) groups excluding carboxylic acids is 1. The van der Waals surface area contributed by atoms with Gasteiger partial charge in [-0.2, -0.15) is 0 Å². The molecule has 2 aromatic rings. The second-order valence-electron chi connectivity index (χ2n) is 5.75. The standard InChI is InChI=1S/C18H19ClN2O2/c19-15-5-1-3-13(9-15)12-23-17-6-2-4-14(10-17)18(22)21-8-7-16(20)11-21/h1-6,9-10,16H,7-8,11-12,20H2. The first kappa shape index (κ1) is 15.8. The molecule has 1 fully saturated rings. The predicted octanol–water partition coefficient (Wildman–Crippen LogP) is 3.09. The summed E-state index contributed by atoms with van der Waals surface area (Å²) in [4.78, 5) is 14.3. The first-order chi connectivity index (χ1) is 11.1. The van der Waals surface area contributed by atoms with E-state index in [1.807, 2.05) is 36.4 Å². The maximum atomic E-state index is 12.5. The molecule has 0 aliphatic carbocycles. The van der Waals surface area contributed by atoms with Crippen LogP contribution in [-0.2, 0) is 6.61 Å². The van der Waals surface area contributed by atoms with Crippen LogP contribution in [0.4, 0.5) is 0 Å². The lowest BCUT2D eigenvalue weighted by Crippen LogP contribution is -2.31. The van der Waals surface area contributed by atoms with Gasteiger partial charge in [-0.1, -0.05) is 29.8 Å². The van der Waals surface area contributed by atoms with Crippen LogP contribution in [0.15, 0.2) is 48.5 Å². The lowest BCUT2D eigenvalue weighted by molar-refractivity contribution is 0.0790. The van der Waals surface area contributed by atoms with Gasteiger partial charge in [0.2, 0.25) is 0 Å². The van der Waals surface area contributed by atoms with E-state index in [0.29, 0.717) is 36.0 Å². The highest BCUT2D eigenvalue weighted by molar-refractivity contribution is 6.30.